The Morgan fingerprint density at radius 2 is 1.52 bits per heavy atom. The molecule has 2 aromatic carbocycles. The van der Waals surface area contributed by atoms with E-state index in [-0.39, 0.29) is 30.3 Å². The minimum Gasteiger partial charge on any atom is -0.376 e. The second-order valence-electron chi connectivity index (χ2n) is 6.95. The number of nitrogens with one attached hydrogen (secondary N) is 4. The molecule has 0 bridgehead atoms. The summed E-state index contributed by atoms with van der Waals surface area (Å²) in [4.78, 5) is 36.4. The van der Waals surface area contributed by atoms with Gasteiger partial charge in [0.15, 0.2) is 0 Å². The monoisotopic (exact) mass is 396 g/mol. The Morgan fingerprint density at radius 3 is 2.17 bits per heavy atom. The summed E-state index contributed by atoms with van der Waals surface area (Å²) in [6.07, 6.45) is 0.865. The van der Waals surface area contributed by atoms with Crippen molar-refractivity contribution in [3.05, 3.63) is 59.7 Å². The maximum atomic E-state index is 12.3. The fraction of sp³-hybridized carbons (Fsp3) is 0.318. The van der Waals surface area contributed by atoms with Crippen molar-refractivity contribution in [3.8, 4) is 0 Å². The van der Waals surface area contributed by atoms with Gasteiger partial charge in [-0.15, -0.1) is 0 Å². The molecule has 7 nitrogen and oxygen atoms in total. The Balaban J connectivity index is 1.92. The molecule has 0 saturated heterocycles. The van der Waals surface area contributed by atoms with E-state index >= 15 is 0 Å². The SMILES string of the molecule is CCCNC(=O)c1cccc(NCC(=O)Nc2cccc(C(=O)NC(C)C)c2)c1. The second kappa shape index (κ2) is 10.8. The van der Waals surface area contributed by atoms with E-state index in [0.29, 0.717) is 29.0 Å². The number of anilines is 2. The smallest absolute Gasteiger partial charge is 0.251 e. The average Bonchev–Trinajstić information content (AvgIpc) is 2.70. The second-order valence-corrected chi connectivity index (χ2v) is 6.95. The van der Waals surface area contributed by atoms with Gasteiger partial charge >= 0.3 is 0 Å². The predicted octanol–water partition coefficient (Wildman–Crippen LogP) is 3.02. The fourth-order valence-electron chi connectivity index (χ4n) is 2.58. The standard InChI is InChI=1S/C22H28N4O3/c1-4-11-23-21(28)16-7-5-9-18(12-16)24-14-20(27)26-19-10-6-8-17(13-19)22(29)25-15(2)3/h5-10,12-13,15,24H,4,11,14H2,1-3H3,(H,23,28)(H,25,29)(H,26,27). The minimum atomic E-state index is -0.257. The number of carbonyl (C=O) groups excluding carboxylic acids is 3. The highest BCUT2D eigenvalue weighted by Crippen LogP contribution is 2.13. The van der Waals surface area contributed by atoms with Gasteiger partial charge in [-0.1, -0.05) is 19.1 Å². The van der Waals surface area contributed by atoms with E-state index in [1.54, 1.807) is 48.5 Å². The van der Waals surface area contributed by atoms with Gasteiger partial charge < -0.3 is 21.3 Å². The van der Waals surface area contributed by atoms with Crippen LogP contribution in [0.3, 0.4) is 0 Å². The van der Waals surface area contributed by atoms with Crippen molar-refractivity contribution in [2.45, 2.75) is 33.2 Å². The maximum absolute atomic E-state index is 12.3. The van der Waals surface area contributed by atoms with Gasteiger partial charge in [-0.25, -0.2) is 0 Å². The predicted molar refractivity (Wildman–Crippen MR) is 115 cm³/mol. The molecule has 0 fully saturated rings. The Hall–Kier alpha value is -3.35. The minimum absolute atomic E-state index is 0.0302. The summed E-state index contributed by atoms with van der Waals surface area (Å²) >= 11 is 0. The van der Waals surface area contributed by atoms with E-state index in [9.17, 15) is 14.4 Å². The van der Waals surface area contributed by atoms with Gasteiger partial charge in [-0.05, 0) is 56.7 Å². The molecule has 0 atom stereocenters. The maximum Gasteiger partial charge on any atom is 0.251 e. The van der Waals surface area contributed by atoms with Crippen molar-refractivity contribution < 1.29 is 14.4 Å². The molecule has 0 heterocycles. The third-order valence-corrected chi connectivity index (χ3v) is 3.94. The zero-order valence-corrected chi connectivity index (χ0v) is 17.0. The van der Waals surface area contributed by atoms with E-state index in [0.717, 1.165) is 6.42 Å². The van der Waals surface area contributed by atoms with Crippen molar-refractivity contribution in [1.82, 2.24) is 10.6 Å². The first kappa shape index (κ1) is 21.9. The number of hydrogen-bond donors (Lipinski definition) is 4. The van der Waals surface area contributed by atoms with Crippen LogP contribution in [0.15, 0.2) is 48.5 Å². The molecule has 2 aromatic rings. The van der Waals surface area contributed by atoms with Crippen LogP contribution >= 0.6 is 0 Å². The molecule has 2 rings (SSSR count). The summed E-state index contributed by atoms with van der Waals surface area (Å²) < 4.78 is 0. The average molecular weight is 396 g/mol. The van der Waals surface area contributed by atoms with Gasteiger partial charge in [0, 0.05) is 35.1 Å². The Kier molecular flexibility index (Phi) is 8.21. The molecule has 0 radical (unpaired) electrons. The number of hydrogen-bond acceptors (Lipinski definition) is 4. The summed E-state index contributed by atoms with van der Waals surface area (Å²) in [7, 11) is 0. The first-order valence-electron chi connectivity index (χ1n) is 9.72. The van der Waals surface area contributed by atoms with Crippen LogP contribution in [0.1, 0.15) is 47.9 Å². The molecule has 0 aliphatic carbocycles. The molecule has 0 aromatic heterocycles. The lowest BCUT2D eigenvalue weighted by atomic mass is 10.1. The Labute approximate surface area is 171 Å². The van der Waals surface area contributed by atoms with Crippen molar-refractivity contribution in [1.29, 1.82) is 0 Å². The lowest BCUT2D eigenvalue weighted by molar-refractivity contribution is -0.114. The molecule has 29 heavy (non-hydrogen) atoms. The molecule has 7 heteroatoms. The summed E-state index contributed by atoms with van der Waals surface area (Å²) in [6.45, 7) is 6.41. The molecule has 0 unspecified atom stereocenters. The summed E-state index contributed by atoms with van der Waals surface area (Å²) in [5, 5.41) is 11.4. The van der Waals surface area contributed by atoms with Gasteiger partial charge in [-0.2, -0.15) is 0 Å². The third-order valence-electron chi connectivity index (χ3n) is 3.94. The highest BCUT2D eigenvalue weighted by molar-refractivity contribution is 5.98. The summed E-state index contributed by atoms with van der Waals surface area (Å²) in [5.74, 6) is -0.587. The zero-order chi connectivity index (χ0) is 21.2. The van der Waals surface area contributed by atoms with Crippen LogP contribution in [-0.2, 0) is 4.79 Å². The first-order chi connectivity index (χ1) is 13.9. The highest BCUT2D eigenvalue weighted by atomic mass is 16.2. The van der Waals surface area contributed by atoms with Crippen molar-refractivity contribution in [3.63, 3.8) is 0 Å². The van der Waals surface area contributed by atoms with Gasteiger partial charge in [0.2, 0.25) is 5.91 Å². The van der Waals surface area contributed by atoms with Crippen molar-refractivity contribution in [2.75, 3.05) is 23.7 Å². The first-order valence-corrected chi connectivity index (χ1v) is 9.72. The van der Waals surface area contributed by atoms with E-state index in [2.05, 4.69) is 21.3 Å². The van der Waals surface area contributed by atoms with Gasteiger partial charge in [0.1, 0.15) is 0 Å². The van der Waals surface area contributed by atoms with E-state index < -0.39 is 0 Å². The number of benzene rings is 2. The fourth-order valence-corrected chi connectivity index (χ4v) is 2.58. The van der Waals surface area contributed by atoms with Crippen LogP contribution < -0.4 is 21.3 Å². The lowest BCUT2D eigenvalue weighted by Gasteiger charge is -2.11. The van der Waals surface area contributed by atoms with Crippen molar-refractivity contribution >= 4 is 29.1 Å². The van der Waals surface area contributed by atoms with Crippen LogP contribution in [0.2, 0.25) is 0 Å². The molecular formula is C22H28N4O3. The van der Waals surface area contributed by atoms with E-state index in [1.807, 2.05) is 20.8 Å². The molecule has 4 N–H and O–H groups in total. The normalized spacial score (nSPS) is 10.3. The van der Waals surface area contributed by atoms with Crippen LogP contribution in [0.4, 0.5) is 11.4 Å². The summed E-state index contributed by atoms with van der Waals surface area (Å²) in [6, 6.07) is 13.8. The highest BCUT2D eigenvalue weighted by Gasteiger charge is 2.10. The van der Waals surface area contributed by atoms with Crippen molar-refractivity contribution in [2.24, 2.45) is 0 Å². The lowest BCUT2D eigenvalue weighted by Crippen LogP contribution is -2.30. The van der Waals surface area contributed by atoms with Crippen LogP contribution in [0.5, 0.6) is 0 Å². The quantitative estimate of drug-likeness (QED) is 0.524. The Morgan fingerprint density at radius 1 is 0.897 bits per heavy atom. The van der Waals surface area contributed by atoms with Crippen LogP contribution in [0.25, 0.3) is 0 Å². The number of rotatable bonds is 9. The molecular weight excluding hydrogens is 368 g/mol. The van der Waals surface area contributed by atoms with Crippen LogP contribution in [0, 0.1) is 0 Å². The van der Waals surface area contributed by atoms with Gasteiger partial charge in [0.25, 0.3) is 11.8 Å². The van der Waals surface area contributed by atoms with Crippen LogP contribution in [-0.4, -0.2) is 36.9 Å². The molecule has 0 aliphatic heterocycles. The molecule has 0 saturated carbocycles. The molecule has 0 spiro atoms. The van der Waals surface area contributed by atoms with E-state index in [1.165, 1.54) is 0 Å². The third kappa shape index (κ3) is 7.29. The molecule has 3 amide bonds. The number of carbonyl (C=O) groups is 3. The Bertz CT molecular complexity index is 865. The summed E-state index contributed by atoms with van der Waals surface area (Å²) in [5.41, 5.74) is 2.23. The number of amides is 3. The van der Waals surface area contributed by atoms with E-state index in [4.69, 9.17) is 0 Å². The van der Waals surface area contributed by atoms with Gasteiger partial charge in [0.05, 0.1) is 6.54 Å². The molecule has 154 valence electrons. The molecule has 0 aliphatic rings. The zero-order valence-electron chi connectivity index (χ0n) is 17.0. The topological polar surface area (TPSA) is 99.3 Å². The van der Waals surface area contributed by atoms with Gasteiger partial charge in [-0.3, -0.25) is 14.4 Å². The largest absolute Gasteiger partial charge is 0.376 e.